The highest BCUT2D eigenvalue weighted by Crippen LogP contribution is 2.06. The van der Waals surface area contributed by atoms with Gasteiger partial charge in [-0.25, -0.2) is 0 Å². The molecule has 0 bridgehead atoms. The molecule has 0 radical (unpaired) electrons. The van der Waals surface area contributed by atoms with Crippen LogP contribution in [0.15, 0.2) is 0 Å². The predicted octanol–water partition coefficient (Wildman–Crippen LogP) is 2.01. The van der Waals surface area contributed by atoms with Gasteiger partial charge in [-0.05, 0) is 12.8 Å². The molecule has 0 aromatic carbocycles. The highest BCUT2D eigenvalue weighted by molar-refractivity contribution is 14.1. The third-order valence-electron chi connectivity index (χ3n) is 1.08. The quantitative estimate of drug-likeness (QED) is 0.437. The zero-order valence-electron chi connectivity index (χ0n) is 6.39. The van der Waals surface area contributed by atoms with Gasteiger partial charge in [0.05, 0.1) is 6.61 Å². The lowest BCUT2D eigenvalue weighted by Gasteiger charge is -2.05. The van der Waals surface area contributed by atoms with E-state index in [0.29, 0.717) is 18.9 Å². The topological polar surface area (TPSA) is 26.3 Å². The van der Waals surface area contributed by atoms with Crippen LogP contribution in [0.4, 0.5) is 0 Å². The smallest absolute Gasteiger partial charge is 0.306 e. The lowest BCUT2D eigenvalue weighted by atomic mass is 10.1. The highest BCUT2D eigenvalue weighted by Gasteiger charge is 2.07. The number of rotatable bonds is 4. The zero-order valence-corrected chi connectivity index (χ0v) is 8.55. The van der Waals surface area contributed by atoms with Gasteiger partial charge in [-0.3, -0.25) is 4.79 Å². The molecule has 0 aliphatic carbocycles. The number of carbonyl (C=O) groups excluding carboxylic acids is 1. The molecule has 0 aromatic heterocycles. The first kappa shape index (κ1) is 10.2. The third-order valence-corrected chi connectivity index (χ3v) is 2.59. The van der Waals surface area contributed by atoms with E-state index < -0.39 is 0 Å². The van der Waals surface area contributed by atoms with Crippen LogP contribution in [-0.2, 0) is 9.53 Å². The molecule has 0 unspecified atom stereocenters. The molecule has 1 atom stereocenters. The first-order chi connectivity index (χ1) is 4.70. The van der Waals surface area contributed by atoms with Gasteiger partial charge < -0.3 is 4.74 Å². The predicted molar refractivity (Wildman–Crippen MR) is 49.3 cm³/mol. The van der Waals surface area contributed by atoms with Crippen LogP contribution >= 0.6 is 22.6 Å². The fraction of sp³-hybridized carbons (Fsp3) is 0.857. The Hall–Kier alpha value is 0.200. The van der Waals surface area contributed by atoms with Crippen molar-refractivity contribution in [3.05, 3.63) is 0 Å². The van der Waals surface area contributed by atoms with E-state index in [1.165, 1.54) is 0 Å². The molecular weight excluding hydrogens is 243 g/mol. The standard InChI is InChI=1S/C7H13IO2/c1-3-10-7(9)4-6(2)5-8/h6H,3-5H2,1-2H3/t6-/m0/s1. The van der Waals surface area contributed by atoms with Gasteiger partial charge in [-0.2, -0.15) is 0 Å². The normalized spacial score (nSPS) is 12.7. The van der Waals surface area contributed by atoms with Gasteiger partial charge in [-0.1, -0.05) is 29.5 Å². The molecule has 2 nitrogen and oxygen atoms in total. The number of esters is 1. The Morgan fingerprint density at radius 1 is 1.70 bits per heavy atom. The van der Waals surface area contributed by atoms with Gasteiger partial charge in [0.1, 0.15) is 0 Å². The lowest BCUT2D eigenvalue weighted by molar-refractivity contribution is -0.143. The fourth-order valence-corrected chi connectivity index (χ4v) is 0.870. The second-order valence-electron chi connectivity index (χ2n) is 2.27. The molecule has 0 amide bonds. The molecule has 0 aromatic rings. The molecule has 0 saturated carbocycles. The maximum Gasteiger partial charge on any atom is 0.306 e. The first-order valence-electron chi connectivity index (χ1n) is 3.42. The van der Waals surface area contributed by atoms with Crippen molar-refractivity contribution in [3.8, 4) is 0 Å². The molecule has 0 saturated heterocycles. The molecule has 3 heteroatoms. The Balaban J connectivity index is 3.37. The second-order valence-corrected chi connectivity index (χ2v) is 3.15. The van der Waals surface area contributed by atoms with Crippen molar-refractivity contribution < 1.29 is 9.53 Å². The Bertz CT molecular complexity index is 104. The van der Waals surface area contributed by atoms with Crippen LogP contribution in [0.3, 0.4) is 0 Å². The van der Waals surface area contributed by atoms with E-state index >= 15 is 0 Å². The lowest BCUT2D eigenvalue weighted by Crippen LogP contribution is -2.09. The van der Waals surface area contributed by atoms with Crippen LogP contribution in [0.25, 0.3) is 0 Å². The van der Waals surface area contributed by atoms with E-state index in [2.05, 4.69) is 22.6 Å². The summed E-state index contributed by atoms with van der Waals surface area (Å²) in [6.07, 6.45) is 0.552. The monoisotopic (exact) mass is 256 g/mol. The molecule has 0 rings (SSSR count). The SMILES string of the molecule is CCOC(=O)C[C@H](C)CI. The van der Waals surface area contributed by atoms with Gasteiger partial charge in [0, 0.05) is 10.8 Å². The maximum atomic E-state index is 10.8. The first-order valence-corrected chi connectivity index (χ1v) is 4.94. The molecule has 0 heterocycles. The molecule has 0 spiro atoms. The van der Waals surface area contributed by atoms with E-state index in [0.717, 1.165) is 4.43 Å². The Morgan fingerprint density at radius 2 is 2.30 bits per heavy atom. The number of hydrogen-bond donors (Lipinski definition) is 0. The number of halogens is 1. The van der Waals surface area contributed by atoms with Crippen molar-refractivity contribution in [1.29, 1.82) is 0 Å². The van der Waals surface area contributed by atoms with Crippen LogP contribution in [0.2, 0.25) is 0 Å². The summed E-state index contributed by atoms with van der Waals surface area (Å²) in [5, 5.41) is 0. The second kappa shape index (κ2) is 5.95. The summed E-state index contributed by atoms with van der Waals surface area (Å²) < 4.78 is 5.78. The maximum absolute atomic E-state index is 10.8. The summed E-state index contributed by atoms with van der Waals surface area (Å²) in [7, 11) is 0. The van der Waals surface area contributed by atoms with Crippen molar-refractivity contribution in [1.82, 2.24) is 0 Å². The molecule has 0 fully saturated rings. The van der Waals surface area contributed by atoms with Gasteiger partial charge in [0.15, 0.2) is 0 Å². The van der Waals surface area contributed by atoms with Crippen LogP contribution in [-0.4, -0.2) is 17.0 Å². The average Bonchev–Trinajstić information content (AvgIpc) is 1.88. The zero-order chi connectivity index (χ0) is 7.98. The van der Waals surface area contributed by atoms with Gasteiger partial charge >= 0.3 is 5.97 Å². The Labute approximate surface area is 75.5 Å². The van der Waals surface area contributed by atoms with Gasteiger partial charge in [0.25, 0.3) is 0 Å². The van der Waals surface area contributed by atoms with E-state index in [1.54, 1.807) is 0 Å². The average molecular weight is 256 g/mol. The summed E-state index contributed by atoms with van der Waals surface area (Å²) in [6.45, 7) is 4.36. The molecule has 10 heavy (non-hydrogen) atoms. The Kier molecular flexibility index (Phi) is 6.06. The minimum absolute atomic E-state index is 0.0772. The fourth-order valence-electron chi connectivity index (χ4n) is 0.559. The van der Waals surface area contributed by atoms with Crippen LogP contribution in [0.5, 0.6) is 0 Å². The highest BCUT2D eigenvalue weighted by atomic mass is 127. The van der Waals surface area contributed by atoms with Crippen LogP contribution in [0.1, 0.15) is 20.3 Å². The number of carbonyl (C=O) groups is 1. The molecular formula is C7H13IO2. The summed E-state index contributed by atoms with van der Waals surface area (Å²) in [6, 6.07) is 0. The number of alkyl halides is 1. The minimum atomic E-state index is -0.0772. The molecule has 0 N–H and O–H groups in total. The summed E-state index contributed by atoms with van der Waals surface area (Å²) in [5.74, 6) is 0.367. The van der Waals surface area contributed by atoms with Crippen LogP contribution < -0.4 is 0 Å². The summed E-state index contributed by atoms with van der Waals surface area (Å²) in [4.78, 5) is 10.8. The minimum Gasteiger partial charge on any atom is -0.466 e. The van der Waals surface area contributed by atoms with Crippen LogP contribution in [0, 0.1) is 5.92 Å². The van der Waals surface area contributed by atoms with E-state index in [-0.39, 0.29) is 5.97 Å². The van der Waals surface area contributed by atoms with Crippen molar-refractivity contribution in [2.24, 2.45) is 5.92 Å². The van der Waals surface area contributed by atoms with E-state index in [9.17, 15) is 4.79 Å². The third kappa shape index (κ3) is 5.02. The van der Waals surface area contributed by atoms with Crippen molar-refractivity contribution in [2.75, 3.05) is 11.0 Å². The Morgan fingerprint density at radius 3 is 2.70 bits per heavy atom. The van der Waals surface area contributed by atoms with Gasteiger partial charge in [-0.15, -0.1) is 0 Å². The van der Waals surface area contributed by atoms with E-state index in [1.807, 2.05) is 13.8 Å². The molecule has 60 valence electrons. The number of hydrogen-bond acceptors (Lipinski definition) is 2. The van der Waals surface area contributed by atoms with Crippen molar-refractivity contribution in [3.63, 3.8) is 0 Å². The summed E-state index contributed by atoms with van der Waals surface area (Å²) >= 11 is 2.27. The van der Waals surface area contributed by atoms with Crippen molar-refractivity contribution >= 4 is 28.6 Å². The van der Waals surface area contributed by atoms with E-state index in [4.69, 9.17) is 4.74 Å². The van der Waals surface area contributed by atoms with Crippen molar-refractivity contribution in [2.45, 2.75) is 20.3 Å². The number of ether oxygens (including phenoxy) is 1. The largest absolute Gasteiger partial charge is 0.466 e. The molecule has 0 aliphatic rings. The molecule has 0 aliphatic heterocycles. The van der Waals surface area contributed by atoms with Gasteiger partial charge in [0.2, 0.25) is 0 Å². The summed E-state index contributed by atoms with van der Waals surface area (Å²) in [5.41, 5.74) is 0.